The van der Waals surface area contributed by atoms with Gasteiger partial charge in [0.25, 0.3) is 0 Å². The molecule has 0 saturated heterocycles. The maximum absolute atomic E-state index is 5.17. The van der Waals surface area contributed by atoms with Gasteiger partial charge in [0, 0.05) is 10.2 Å². The molecule has 0 spiro atoms. The van der Waals surface area contributed by atoms with Crippen LogP contribution in [0.4, 0.5) is 0 Å². The molecule has 0 aliphatic rings. The summed E-state index contributed by atoms with van der Waals surface area (Å²) < 4.78 is 0. The lowest BCUT2D eigenvalue weighted by Crippen LogP contribution is -2.05. The van der Waals surface area contributed by atoms with Gasteiger partial charge >= 0.3 is 0 Å². The minimum Gasteiger partial charge on any atom is -0.330 e. The number of rotatable bonds is 6. The highest BCUT2D eigenvalue weighted by Crippen LogP contribution is 1.81. The van der Waals surface area contributed by atoms with Gasteiger partial charge in [-0.1, -0.05) is 5.04 Å². The smallest absolute Gasteiger partial charge is 0.0865 e. The molecule has 0 amide bonds. The van der Waals surface area contributed by atoms with Crippen LogP contribution >= 0.6 is 0 Å². The molecule has 0 atom stereocenters. The Kier molecular flexibility index (Phi) is 8.11. The second kappa shape index (κ2) is 8.06. The van der Waals surface area contributed by atoms with Gasteiger partial charge in [-0.25, -0.2) is 9.78 Å². The molecule has 0 heterocycles. The van der Waals surface area contributed by atoms with Gasteiger partial charge in [0.15, 0.2) is 0 Å². The van der Waals surface area contributed by atoms with E-state index >= 15 is 0 Å². The van der Waals surface area contributed by atoms with E-state index in [1.54, 1.807) is 0 Å². The lowest BCUT2D eigenvalue weighted by Gasteiger charge is -1.98. The van der Waals surface area contributed by atoms with Crippen LogP contribution in [0.5, 0.6) is 0 Å². The first-order valence-electron chi connectivity index (χ1n) is 3.03. The van der Waals surface area contributed by atoms with Crippen molar-refractivity contribution in [2.24, 2.45) is 5.73 Å². The van der Waals surface area contributed by atoms with Crippen LogP contribution < -0.4 is 5.73 Å². The van der Waals surface area contributed by atoms with Crippen molar-refractivity contribution >= 4 is 10.2 Å². The molecule has 0 bridgehead atoms. The standard InChI is InChI=1S/C4H13NO3Si/c5-2-1-3-6-8-7-4-9/h1-5H2,9H3. The van der Waals surface area contributed by atoms with E-state index in [0.29, 0.717) is 19.4 Å². The maximum atomic E-state index is 5.17. The first-order valence-corrected chi connectivity index (χ1v) is 4.44. The van der Waals surface area contributed by atoms with Crippen LogP contribution in [0.3, 0.4) is 0 Å². The van der Waals surface area contributed by atoms with E-state index in [2.05, 4.69) is 14.8 Å². The Hall–Kier alpha value is 0.0569. The Bertz CT molecular complexity index is 49.1. The van der Waals surface area contributed by atoms with Crippen molar-refractivity contribution in [3.05, 3.63) is 0 Å². The van der Waals surface area contributed by atoms with Crippen LogP contribution in [0.15, 0.2) is 0 Å². The van der Waals surface area contributed by atoms with Crippen LogP contribution in [0, 0.1) is 0 Å². The zero-order chi connectivity index (χ0) is 6.95. The number of hydrogen-bond donors (Lipinski definition) is 1. The van der Waals surface area contributed by atoms with Gasteiger partial charge < -0.3 is 5.73 Å². The van der Waals surface area contributed by atoms with Crippen molar-refractivity contribution in [2.75, 3.05) is 19.4 Å². The molecule has 56 valence electrons. The van der Waals surface area contributed by atoms with Crippen LogP contribution in [-0.4, -0.2) is 29.6 Å². The Balaban J connectivity index is 2.60. The van der Waals surface area contributed by atoms with Crippen molar-refractivity contribution in [3.63, 3.8) is 0 Å². The summed E-state index contributed by atoms with van der Waals surface area (Å²) in [6.45, 7) is 1.11. The van der Waals surface area contributed by atoms with Gasteiger partial charge in [-0.3, -0.25) is 0 Å². The zero-order valence-electron chi connectivity index (χ0n) is 5.63. The molecule has 0 aliphatic heterocycles. The van der Waals surface area contributed by atoms with Crippen molar-refractivity contribution in [3.8, 4) is 0 Å². The molecule has 0 radical (unpaired) electrons. The van der Waals surface area contributed by atoms with E-state index in [9.17, 15) is 0 Å². The zero-order valence-corrected chi connectivity index (χ0v) is 7.63. The first kappa shape index (κ1) is 9.06. The number of hydrogen-bond acceptors (Lipinski definition) is 4. The minimum atomic E-state index is 0.498. The first-order chi connectivity index (χ1) is 4.41. The molecule has 0 aromatic rings. The summed E-state index contributed by atoms with van der Waals surface area (Å²) in [7, 11) is 0.956. The highest BCUT2D eigenvalue weighted by Gasteiger charge is 1.85. The molecule has 0 aromatic carbocycles. The summed E-state index contributed by atoms with van der Waals surface area (Å²) in [4.78, 5) is 9.01. The van der Waals surface area contributed by atoms with Crippen molar-refractivity contribution in [2.45, 2.75) is 6.42 Å². The summed E-state index contributed by atoms with van der Waals surface area (Å²) in [6, 6.07) is 0. The van der Waals surface area contributed by atoms with Gasteiger partial charge in [-0.2, -0.15) is 0 Å². The van der Waals surface area contributed by atoms with Crippen molar-refractivity contribution < 1.29 is 14.8 Å². The average Bonchev–Trinajstić information content (AvgIpc) is 1.89. The van der Waals surface area contributed by atoms with Crippen LogP contribution in [0.1, 0.15) is 6.42 Å². The van der Waals surface area contributed by atoms with E-state index in [0.717, 1.165) is 16.7 Å². The third kappa shape index (κ3) is 8.06. The summed E-state index contributed by atoms with van der Waals surface area (Å²) in [5.41, 5.74) is 5.17. The summed E-state index contributed by atoms with van der Waals surface area (Å²) >= 11 is 0. The third-order valence-corrected chi connectivity index (χ3v) is 0.882. The fourth-order valence-corrected chi connectivity index (χ4v) is 0.355. The van der Waals surface area contributed by atoms with Gasteiger partial charge in [0.05, 0.1) is 12.8 Å². The second-order valence-electron chi connectivity index (χ2n) is 1.44. The molecular formula is C4H13NO3Si. The van der Waals surface area contributed by atoms with Crippen molar-refractivity contribution in [1.29, 1.82) is 0 Å². The molecule has 9 heavy (non-hydrogen) atoms. The highest BCUT2D eigenvalue weighted by molar-refractivity contribution is 6.08. The average molecular weight is 151 g/mol. The predicted octanol–water partition coefficient (Wildman–Crippen LogP) is -1.46. The summed E-state index contributed by atoms with van der Waals surface area (Å²) in [5.74, 6) is 0. The molecule has 0 unspecified atom stereocenters. The van der Waals surface area contributed by atoms with Crippen LogP contribution in [-0.2, 0) is 14.8 Å². The Morgan fingerprint density at radius 3 is 2.67 bits per heavy atom. The lowest BCUT2D eigenvalue weighted by molar-refractivity contribution is -0.506. The van der Waals surface area contributed by atoms with Gasteiger partial charge in [0.1, 0.15) is 0 Å². The van der Waals surface area contributed by atoms with E-state index in [1.165, 1.54) is 0 Å². The summed E-state index contributed by atoms with van der Waals surface area (Å²) in [6.07, 6.45) is 1.42. The molecular weight excluding hydrogens is 138 g/mol. The molecule has 0 fully saturated rings. The van der Waals surface area contributed by atoms with Gasteiger partial charge in [0.2, 0.25) is 0 Å². The third-order valence-electron chi connectivity index (χ3n) is 0.646. The molecule has 0 saturated carbocycles. The van der Waals surface area contributed by atoms with Crippen LogP contribution in [0.2, 0.25) is 0 Å². The molecule has 0 rings (SSSR count). The van der Waals surface area contributed by atoms with E-state index in [4.69, 9.17) is 5.73 Å². The van der Waals surface area contributed by atoms with Crippen LogP contribution in [0.25, 0.3) is 0 Å². The molecule has 4 nitrogen and oxygen atoms in total. The topological polar surface area (TPSA) is 53.7 Å². The lowest BCUT2D eigenvalue weighted by atomic mass is 10.5. The fraction of sp³-hybridized carbons (Fsp3) is 1.00. The molecule has 0 aliphatic carbocycles. The van der Waals surface area contributed by atoms with E-state index < -0.39 is 0 Å². The normalized spacial score (nSPS) is 10.3. The quantitative estimate of drug-likeness (QED) is 0.218. The Morgan fingerprint density at radius 1 is 1.33 bits per heavy atom. The predicted molar refractivity (Wildman–Crippen MR) is 36.6 cm³/mol. The minimum absolute atomic E-state index is 0.498. The largest absolute Gasteiger partial charge is 0.330 e. The second-order valence-corrected chi connectivity index (χ2v) is 2.02. The Labute approximate surface area is 57.5 Å². The molecule has 5 heteroatoms. The molecule has 0 aromatic heterocycles. The number of nitrogens with two attached hydrogens (primary N) is 1. The fourth-order valence-electron chi connectivity index (χ4n) is 0.258. The Morgan fingerprint density at radius 2 is 2.11 bits per heavy atom. The van der Waals surface area contributed by atoms with Gasteiger partial charge in [-0.15, -0.1) is 0 Å². The highest BCUT2D eigenvalue weighted by atomic mass is 28.1. The monoisotopic (exact) mass is 151 g/mol. The summed E-state index contributed by atoms with van der Waals surface area (Å²) in [5, 5.41) is 4.26. The molecule has 2 N–H and O–H groups in total. The van der Waals surface area contributed by atoms with Crippen molar-refractivity contribution in [1.82, 2.24) is 0 Å². The van der Waals surface area contributed by atoms with E-state index in [-0.39, 0.29) is 0 Å². The van der Waals surface area contributed by atoms with Gasteiger partial charge in [-0.05, 0) is 13.0 Å². The SMILES string of the molecule is NCCCOOOC[SiH3]. The maximum Gasteiger partial charge on any atom is 0.0865 e. The van der Waals surface area contributed by atoms with E-state index in [1.807, 2.05) is 0 Å².